The lowest BCUT2D eigenvalue weighted by molar-refractivity contribution is -0.131. The molecule has 1 aromatic heterocycles. The number of anilines is 1. The van der Waals surface area contributed by atoms with Crippen molar-refractivity contribution in [2.75, 3.05) is 18.4 Å². The third-order valence-corrected chi connectivity index (χ3v) is 7.18. The Morgan fingerprint density at radius 3 is 2.70 bits per heavy atom. The Balaban J connectivity index is 1.48. The number of sulfonamides is 1. The van der Waals surface area contributed by atoms with Crippen LogP contribution in [0.4, 0.5) is 5.13 Å². The topological polar surface area (TPSA) is 88.6 Å². The van der Waals surface area contributed by atoms with Gasteiger partial charge >= 0.3 is 0 Å². The van der Waals surface area contributed by atoms with Crippen molar-refractivity contribution in [3.8, 4) is 5.75 Å². The molecule has 0 bridgehead atoms. The molecule has 4 rings (SSSR count). The second kappa shape index (κ2) is 8.45. The molecule has 9 heteroatoms. The summed E-state index contributed by atoms with van der Waals surface area (Å²) in [6, 6.07) is 12.5. The van der Waals surface area contributed by atoms with E-state index in [1.54, 1.807) is 35.7 Å². The quantitative estimate of drug-likeness (QED) is 0.633. The van der Waals surface area contributed by atoms with E-state index in [4.69, 9.17) is 4.74 Å². The summed E-state index contributed by atoms with van der Waals surface area (Å²) in [5.41, 5.74) is 2.83. The summed E-state index contributed by atoms with van der Waals surface area (Å²) in [4.78, 5) is 18.7. The van der Waals surface area contributed by atoms with Gasteiger partial charge in [-0.05, 0) is 47.4 Å². The van der Waals surface area contributed by atoms with Crippen LogP contribution in [0.3, 0.4) is 0 Å². The number of methoxy groups -OCH3 is 1. The second-order valence-electron chi connectivity index (χ2n) is 6.96. The van der Waals surface area contributed by atoms with Crippen LogP contribution in [0, 0.1) is 0 Å². The van der Waals surface area contributed by atoms with Gasteiger partial charge in [-0.2, -0.15) is 0 Å². The summed E-state index contributed by atoms with van der Waals surface area (Å²) in [5.74, 6) is 0.762. The molecule has 0 radical (unpaired) electrons. The van der Waals surface area contributed by atoms with Gasteiger partial charge in [-0.1, -0.05) is 18.2 Å². The highest BCUT2D eigenvalue weighted by Gasteiger charge is 2.23. The van der Waals surface area contributed by atoms with Crippen molar-refractivity contribution >= 4 is 32.4 Å². The first-order chi connectivity index (χ1) is 14.4. The number of rotatable bonds is 6. The van der Waals surface area contributed by atoms with E-state index < -0.39 is 10.0 Å². The number of carbonyl (C=O) groups excluding carboxylic acids is 1. The Labute approximate surface area is 179 Å². The molecular formula is C21H21N3O4S2. The molecule has 156 valence electrons. The lowest BCUT2D eigenvalue weighted by Crippen LogP contribution is -2.37. The number of fused-ring (bicyclic) bond motifs is 1. The van der Waals surface area contributed by atoms with E-state index >= 15 is 0 Å². The summed E-state index contributed by atoms with van der Waals surface area (Å²) in [7, 11) is -2.12. The number of benzene rings is 2. The predicted molar refractivity (Wildman–Crippen MR) is 115 cm³/mol. The Kier molecular flexibility index (Phi) is 5.74. The monoisotopic (exact) mass is 443 g/mol. The number of hydrogen-bond acceptors (Lipinski definition) is 6. The molecule has 7 nitrogen and oxygen atoms in total. The molecule has 2 aromatic carbocycles. The van der Waals surface area contributed by atoms with E-state index in [0.717, 1.165) is 22.4 Å². The fraction of sp³-hybridized carbons (Fsp3) is 0.238. The maximum Gasteiger partial charge on any atom is 0.263 e. The van der Waals surface area contributed by atoms with Crippen LogP contribution in [0.15, 0.2) is 58.9 Å². The minimum Gasteiger partial charge on any atom is -0.497 e. The highest BCUT2D eigenvalue weighted by Crippen LogP contribution is 2.25. The largest absolute Gasteiger partial charge is 0.497 e. The molecule has 0 atom stereocenters. The molecule has 1 aliphatic rings. The molecule has 1 aliphatic heterocycles. The van der Waals surface area contributed by atoms with Gasteiger partial charge in [0.05, 0.1) is 18.4 Å². The number of thiazole rings is 1. The van der Waals surface area contributed by atoms with Crippen LogP contribution < -0.4 is 9.46 Å². The zero-order chi connectivity index (χ0) is 21.1. The van der Waals surface area contributed by atoms with Gasteiger partial charge in [0, 0.05) is 24.7 Å². The summed E-state index contributed by atoms with van der Waals surface area (Å²) in [6.45, 7) is 1.01. The van der Waals surface area contributed by atoms with E-state index in [2.05, 4.69) is 9.71 Å². The van der Waals surface area contributed by atoms with Crippen LogP contribution in [0.5, 0.6) is 5.75 Å². The summed E-state index contributed by atoms with van der Waals surface area (Å²) < 4.78 is 33.0. The molecule has 0 saturated heterocycles. The van der Waals surface area contributed by atoms with E-state index in [0.29, 0.717) is 31.1 Å². The normalized spacial score (nSPS) is 13.6. The van der Waals surface area contributed by atoms with Crippen LogP contribution in [0.1, 0.15) is 16.7 Å². The molecule has 0 spiro atoms. The van der Waals surface area contributed by atoms with Crippen LogP contribution in [-0.2, 0) is 34.2 Å². The average molecular weight is 444 g/mol. The average Bonchev–Trinajstić information content (AvgIpc) is 3.25. The maximum atomic E-state index is 12.8. The lowest BCUT2D eigenvalue weighted by Gasteiger charge is -2.29. The van der Waals surface area contributed by atoms with E-state index in [9.17, 15) is 13.2 Å². The van der Waals surface area contributed by atoms with Crippen LogP contribution in [0.2, 0.25) is 0 Å². The Morgan fingerprint density at radius 1 is 1.20 bits per heavy atom. The van der Waals surface area contributed by atoms with Gasteiger partial charge in [0.15, 0.2) is 5.13 Å². The predicted octanol–water partition coefficient (Wildman–Crippen LogP) is 3.08. The van der Waals surface area contributed by atoms with Crippen molar-refractivity contribution < 1.29 is 17.9 Å². The number of nitrogens with zero attached hydrogens (tertiary/aromatic N) is 2. The van der Waals surface area contributed by atoms with Crippen molar-refractivity contribution in [1.82, 2.24) is 9.88 Å². The Morgan fingerprint density at radius 2 is 2.00 bits per heavy atom. The highest BCUT2D eigenvalue weighted by molar-refractivity contribution is 7.93. The molecule has 30 heavy (non-hydrogen) atoms. The zero-order valence-electron chi connectivity index (χ0n) is 16.4. The first-order valence-electron chi connectivity index (χ1n) is 9.39. The number of ether oxygens (including phenoxy) is 1. The number of aromatic nitrogens is 1. The van der Waals surface area contributed by atoms with Crippen molar-refractivity contribution in [2.24, 2.45) is 0 Å². The molecule has 0 saturated carbocycles. The molecule has 3 aromatic rings. The Bertz CT molecular complexity index is 1140. The lowest BCUT2D eigenvalue weighted by atomic mass is 9.99. The summed E-state index contributed by atoms with van der Waals surface area (Å²) in [5, 5.41) is 2.03. The van der Waals surface area contributed by atoms with Gasteiger partial charge < -0.3 is 9.64 Å². The zero-order valence-corrected chi connectivity index (χ0v) is 18.0. The van der Waals surface area contributed by atoms with Crippen molar-refractivity contribution in [3.05, 3.63) is 70.7 Å². The van der Waals surface area contributed by atoms with Crippen LogP contribution >= 0.6 is 11.3 Å². The van der Waals surface area contributed by atoms with Crippen LogP contribution in [-0.4, -0.2) is 37.9 Å². The SMILES string of the molecule is COc1ccc(CC(=O)N2CCc3ccc(S(=O)(=O)Nc4nccs4)cc3C2)cc1. The fourth-order valence-corrected chi connectivity index (χ4v) is 5.23. The number of hydrogen-bond donors (Lipinski definition) is 1. The van der Waals surface area contributed by atoms with Crippen molar-refractivity contribution in [3.63, 3.8) is 0 Å². The van der Waals surface area contributed by atoms with Crippen molar-refractivity contribution in [2.45, 2.75) is 24.3 Å². The van der Waals surface area contributed by atoms with Crippen LogP contribution in [0.25, 0.3) is 0 Å². The third-order valence-electron chi connectivity index (χ3n) is 5.02. The number of nitrogens with one attached hydrogen (secondary N) is 1. The maximum absolute atomic E-state index is 12.8. The molecular weight excluding hydrogens is 422 g/mol. The van der Waals surface area contributed by atoms with Crippen molar-refractivity contribution in [1.29, 1.82) is 0 Å². The van der Waals surface area contributed by atoms with E-state index in [1.807, 2.05) is 30.3 Å². The molecule has 0 aliphatic carbocycles. The number of amides is 1. The molecule has 2 heterocycles. The van der Waals surface area contributed by atoms with E-state index in [-0.39, 0.29) is 10.8 Å². The van der Waals surface area contributed by atoms with Gasteiger partial charge in [-0.15, -0.1) is 11.3 Å². The summed E-state index contributed by atoms with van der Waals surface area (Å²) >= 11 is 1.22. The summed E-state index contributed by atoms with van der Waals surface area (Å²) in [6.07, 6.45) is 2.54. The van der Waals surface area contributed by atoms with Gasteiger partial charge in [0.2, 0.25) is 5.91 Å². The fourth-order valence-electron chi connectivity index (χ4n) is 3.39. The van der Waals surface area contributed by atoms with Gasteiger partial charge in [0.25, 0.3) is 10.0 Å². The van der Waals surface area contributed by atoms with Gasteiger partial charge in [-0.3, -0.25) is 9.52 Å². The van der Waals surface area contributed by atoms with Gasteiger partial charge in [-0.25, -0.2) is 13.4 Å². The molecule has 0 unspecified atom stereocenters. The smallest absolute Gasteiger partial charge is 0.263 e. The standard InChI is InChI=1S/C21H21N3O4S2/c1-28-18-5-2-15(3-6-18)12-20(25)24-10-8-16-4-7-19(13-17(16)14-24)30(26,27)23-21-22-9-11-29-21/h2-7,9,11,13H,8,10,12,14H2,1H3,(H,22,23). The molecule has 1 N–H and O–H groups in total. The first kappa shape index (κ1) is 20.4. The molecule has 0 fully saturated rings. The van der Waals surface area contributed by atoms with Gasteiger partial charge in [0.1, 0.15) is 5.75 Å². The van der Waals surface area contributed by atoms with E-state index in [1.165, 1.54) is 11.3 Å². The first-order valence-corrected chi connectivity index (χ1v) is 11.8. The minimum atomic E-state index is -3.73. The molecule has 1 amide bonds. The Hall–Kier alpha value is -2.91. The minimum absolute atomic E-state index is 0.0139. The third kappa shape index (κ3) is 4.47. The highest BCUT2D eigenvalue weighted by atomic mass is 32.2. The second-order valence-corrected chi connectivity index (χ2v) is 9.54. The number of carbonyl (C=O) groups is 1.